The second-order valence-corrected chi connectivity index (χ2v) is 11.3. The van der Waals surface area contributed by atoms with Gasteiger partial charge < -0.3 is 9.80 Å². The lowest BCUT2D eigenvalue weighted by Gasteiger charge is -2.35. The Morgan fingerprint density at radius 3 is 2.39 bits per heavy atom. The minimum atomic E-state index is -3.55. The number of nitrogens with zero attached hydrogens (tertiary/aromatic N) is 3. The van der Waals surface area contributed by atoms with Gasteiger partial charge in [0.25, 0.3) is 0 Å². The van der Waals surface area contributed by atoms with Crippen LogP contribution in [0.5, 0.6) is 0 Å². The quantitative estimate of drug-likeness (QED) is 0.708. The van der Waals surface area contributed by atoms with Crippen LogP contribution in [0.2, 0.25) is 0 Å². The Hall–Kier alpha value is -1.93. The van der Waals surface area contributed by atoms with Crippen LogP contribution in [0.3, 0.4) is 0 Å². The summed E-state index contributed by atoms with van der Waals surface area (Å²) in [6, 6.07) is 5.80. The van der Waals surface area contributed by atoms with Crippen molar-refractivity contribution in [3.05, 3.63) is 29.3 Å². The van der Waals surface area contributed by atoms with Gasteiger partial charge in [-0.1, -0.05) is 18.9 Å². The van der Waals surface area contributed by atoms with Crippen LogP contribution in [0.1, 0.15) is 49.7 Å². The van der Waals surface area contributed by atoms with Crippen LogP contribution in [0.15, 0.2) is 23.1 Å². The largest absolute Gasteiger partial charge is 0.340 e. The Labute approximate surface area is 184 Å². The fourth-order valence-electron chi connectivity index (χ4n) is 5.73. The molecule has 0 bridgehead atoms. The van der Waals surface area contributed by atoms with Crippen LogP contribution in [-0.2, 0) is 32.5 Å². The number of sulfonamides is 1. The average Bonchev–Trinajstić information content (AvgIpc) is 3.53. The number of fused-ring (bicyclic) bond motifs is 1. The van der Waals surface area contributed by atoms with E-state index < -0.39 is 10.0 Å². The molecule has 2 aliphatic heterocycles. The number of carbonyl (C=O) groups is 2. The van der Waals surface area contributed by atoms with Gasteiger partial charge in [0.05, 0.1) is 10.8 Å². The number of benzene rings is 1. The van der Waals surface area contributed by atoms with Crippen LogP contribution in [0, 0.1) is 5.92 Å². The molecule has 0 spiro atoms. The maximum absolute atomic E-state index is 13.1. The number of likely N-dealkylation sites (tertiary alicyclic amines) is 1. The number of amides is 2. The molecule has 3 fully saturated rings. The minimum Gasteiger partial charge on any atom is -0.340 e. The number of rotatable bonds is 4. The van der Waals surface area contributed by atoms with Gasteiger partial charge in [0.1, 0.15) is 0 Å². The van der Waals surface area contributed by atoms with Crippen molar-refractivity contribution in [1.29, 1.82) is 0 Å². The first kappa shape index (κ1) is 20.9. The van der Waals surface area contributed by atoms with Crippen molar-refractivity contribution in [3.63, 3.8) is 0 Å². The lowest BCUT2D eigenvalue weighted by atomic mass is 10.1. The normalized spacial score (nSPS) is 25.4. The zero-order chi connectivity index (χ0) is 21.6. The lowest BCUT2D eigenvalue weighted by molar-refractivity contribution is -0.137. The van der Waals surface area contributed by atoms with Gasteiger partial charge in [-0.25, -0.2) is 8.42 Å². The molecule has 168 valence electrons. The van der Waals surface area contributed by atoms with Crippen molar-refractivity contribution < 1.29 is 18.0 Å². The summed E-state index contributed by atoms with van der Waals surface area (Å²) in [5.41, 5.74) is 2.40. The van der Waals surface area contributed by atoms with Gasteiger partial charge >= 0.3 is 0 Å². The number of aryl methyl sites for hydroxylation is 2. The third kappa shape index (κ3) is 3.89. The SMILES string of the molecule is O=C([C@H]1CC(=O)N(C2CCCC2)C1)N1CCN(S(=O)(=O)c2ccc3c(c2)CCC3)CC1. The zero-order valence-electron chi connectivity index (χ0n) is 18.0. The van der Waals surface area contributed by atoms with Gasteiger partial charge in [0.15, 0.2) is 0 Å². The number of hydrogen-bond acceptors (Lipinski definition) is 4. The first-order valence-corrected chi connectivity index (χ1v) is 13.1. The van der Waals surface area contributed by atoms with Crippen LogP contribution >= 0.6 is 0 Å². The van der Waals surface area contributed by atoms with Gasteiger partial charge in [-0.2, -0.15) is 4.31 Å². The summed E-state index contributed by atoms with van der Waals surface area (Å²) in [6.07, 6.45) is 7.76. The van der Waals surface area contributed by atoms with Gasteiger partial charge in [0, 0.05) is 45.2 Å². The molecule has 31 heavy (non-hydrogen) atoms. The highest BCUT2D eigenvalue weighted by Gasteiger charge is 2.41. The predicted molar refractivity (Wildman–Crippen MR) is 116 cm³/mol. The molecule has 2 amide bonds. The predicted octanol–water partition coefficient (Wildman–Crippen LogP) is 1.80. The van der Waals surface area contributed by atoms with Crippen LogP contribution < -0.4 is 0 Å². The Morgan fingerprint density at radius 2 is 1.65 bits per heavy atom. The summed E-state index contributed by atoms with van der Waals surface area (Å²) >= 11 is 0. The number of carbonyl (C=O) groups excluding carboxylic acids is 2. The summed E-state index contributed by atoms with van der Waals surface area (Å²) in [6.45, 7) is 1.90. The molecule has 7 nitrogen and oxygen atoms in total. The fourth-order valence-corrected chi connectivity index (χ4v) is 7.20. The smallest absolute Gasteiger partial charge is 0.243 e. The maximum atomic E-state index is 13.1. The molecular formula is C23H31N3O4S. The van der Waals surface area contributed by atoms with Crippen molar-refractivity contribution in [1.82, 2.24) is 14.1 Å². The second kappa shape index (κ2) is 8.20. The standard InChI is InChI=1S/C23H31N3O4S/c27-22-15-19(16-26(22)20-6-1-2-7-20)23(28)24-10-12-25(13-11-24)31(29,30)21-9-8-17-4-3-5-18(17)14-21/h8-9,14,19-20H,1-7,10-13,15-16H2/t19-/m0/s1. The fraction of sp³-hybridized carbons (Fsp3) is 0.652. The maximum Gasteiger partial charge on any atom is 0.243 e. The molecule has 4 aliphatic rings. The Morgan fingerprint density at radius 1 is 0.935 bits per heavy atom. The van der Waals surface area contributed by atoms with Crippen molar-refractivity contribution in [2.75, 3.05) is 32.7 Å². The summed E-state index contributed by atoms with van der Waals surface area (Å²) in [7, 11) is -3.55. The van der Waals surface area contributed by atoms with E-state index in [4.69, 9.17) is 0 Å². The topological polar surface area (TPSA) is 78.0 Å². The Bertz CT molecular complexity index is 979. The molecule has 2 saturated heterocycles. The molecule has 0 radical (unpaired) electrons. The van der Waals surface area contributed by atoms with E-state index in [1.54, 1.807) is 11.0 Å². The van der Waals surface area contributed by atoms with E-state index in [0.717, 1.165) is 50.5 Å². The minimum absolute atomic E-state index is 0.00317. The molecule has 1 aromatic rings. The monoisotopic (exact) mass is 445 g/mol. The number of piperazine rings is 1. The number of hydrogen-bond donors (Lipinski definition) is 0. The highest BCUT2D eigenvalue weighted by molar-refractivity contribution is 7.89. The molecule has 0 aromatic heterocycles. The lowest BCUT2D eigenvalue weighted by Crippen LogP contribution is -2.52. The van der Waals surface area contributed by atoms with Crippen molar-refractivity contribution in [2.24, 2.45) is 5.92 Å². The van der Waals surface area contributed by atoms with Crippen molar-refractivity contribution >= 4 is 21.8 Å². The molecule has 1 aromatic carbocycles. The first-order valence-electron chi connectivity index (χ1n) is 11.6. The third-order valence-corrected chi connectivity index (χ3v) is 9.43. The zero-order valence-corrected chi connectivity index (χ0v) is 18.8. The van der Waals surface area contributed by atoms with E-state index in [0.29, 0.717) is 50.1 Å². The highest BCUT2D eigenvalue weighted by atomic mass is 32.2. The van der Waals surface area contributed by atoms with Crippen molar-refractivity contribution in [3.8, 4) is 0 Å². The van der Waals surface area contributed by atoms with Gasteiger partial charge in [-0.3, -0.25) is 9.59 Å². The van der Waals surface area contributed by atoms with Crippen LogP contribution in [0.25, 0.3) is 0 Å². The molecule has 2 aliphatic carbocycles. The van der Waals surface area contributed by atoms with E-state index >= 15 is 0 Å². The van der Waals surface area contributed by atoms with E-state index in [-0.39, 0.29) is 17.7 Å². The highest BCUT2D eigenvalue weighted by Crippen LogP contribution is 2.31. The molecule has 8 heteroatoms. The van der Waals surface area contributed by atoms with Gasteiger partial charge in [-0.15, -0.1) is 0 Å². The van der Waals surface area contributed by atoms with E-state index in [1.165, 1.54) is 9.87 Å². The van der Waals surface area contributed by atoms with Crippen LogP contribution in [0.4, 0.5) is 0 Å². The molecule has 1 saturated carbocycles. The van der Waals surface area contributed by atoms with Gasteiger partial charge in [-0.05, 0) is 55.4 Å². The average molecular weight is 446 g/mol. The second-order valence-electron chi connectivity index (χ2n) is 9.40. The Balaban J connectivity index is 1.20. The van der Waals surface area contributed by atoms with E-state index in [2.05, 4.69) is 0 Å². The van der Waals surface area contributed by atoms with E-state index in [1.807, 2.05) is 17.0 Å². The molecule has 0 N–H and O–H groups in total. The summed E-state index contributed by atoms with van der Waals surface area (Å²) < 4.78 is 27.7. The summed E-state index contributed by atoms with van der Waals surface area (Å²) in [5, 5.41) is 0. The molecule has 0 unspecified atom stereocenters. The molecular weight excluding hydrogens is 414 g/mol. The third-order valence-electron chi connectivity index (χ3n) is 7.53. The van der Waals surface area contributed by atoms with Crippen molar-refractivity contribution in [2.45, 2.75) is 62.3 Å². The first-order chi connectivity index (χ1) is 14.9. The molecule has 2 heterocycles. The van der Waals surface area contributed by atoms with Gasteiger partial charge in [0.2, 0.25) is 21.8 Å². The molecule has 1 atom stereocenters. The molecule has 5 rings (SSSR count). The summed E-state index contributed by atoms with van der Waals surface area (Å²) in [5.74, 6) is -0.181. The van der Waals surface area contributed by atoms with E-state index in [9.17, 15) is 18.0 Å². The van der Waals surface area contributed by atoms with Crippen LogP contribution in [-0.4, -0.2) is 73.1 Å². The summed E-state index contributed by atoms with van der Waals surface area (Å²) in [4.78, 5) is 29.5. The Kier molecular flexibility index (Phi) is 5.54.